The molecule has 0 fully saturated rings. The molecule has 0 unspecified atom stereocenters. The third-order valence-corrected chi connectivity index (χ3v) is 5.71. The first kappa shape index (κ1) is 22.4. The van der Waals surface area contributed by atoms with Gasteiger partial charge in [0.05, 0.1) is 24.1 Å². The Balaban J connectivity index is 2.32. The molecule has 0 saturated heterocycles. The summed E-state index contributed by atoms with van der Waals surface area (Å²) >= 11 is 0. The van der Waals surface area contributed by atoms with Gasteiger partial charge in [-0.05, 0) is 57.5 Å². The van der Waals surface area contributed by atoms with E-state index in [0.29, 0.717) is 22.5 Å². The molecule has 29 heavy (non-hydrogen) atoms. The number of anilines is 2. The van der Waals surface area contributed by atoms with Crippen LogP contribution in [0.4, 0.5) is 11.4 Å². The van der Waals surface area contributed by atoms with Crippen molar-refractivity contribution < 1.29 is 22.7 Å². The number of aryl methyl sites for hydroxylation is 1. The van der Waals surface area contributed by atoms with Gasteiger partial charge in [-0.2, -0.15) is 0 Å². The number of amides is 1. The monoisotopic (exact) mass is 418 g/mol. The lowest BCUT2D eigenvalue weighted by atomic mass is 10.1. The number of rotatable bonds is 7. The van der Waals surface area contributed by atoms with E-state index in [4.69, 9.17) is 4.74 Å². The van der Waals surface area contributed by atoms with Crippen LogP contribution in [0.3, 0.4) is 0 Å². The second-order valence-electron chi connectivity index (χ2n) is 6.76. The lowest BCUT2D eigenvalue weighted by molar-refractivity contribution is -0.116. The quantitative estimate of drug-likeness (QED) is 0.697. The summed E-state index contributed by atoms with van der Waals surface area (Å²) in [4.78, 5) is 24.9. The van der Waals surface area contributed by atoms with Gasteiger partial charge >= 0.3 is 5.97 Å². The summed E-state index contributed by atoms with van der Waals surface area (Å²) < 4.78 is 30.9. The average Bonchev–Trinajstić information content (AvgIpc) is 2.64. The second kappa shape index (κ2) is 9.09. The van der Waals surface area contributed by atoms with Crippen LogP contribution < -0.4 is 9.62 Å². The minimum absolute atomic E-state index is 0.242. The van der Waals surface area contributed by atoms with Crippen molar-refractivity contribution >= 4 is 33.3 Å². The van der Waals surface area contributed by atoms with Gasteiger partial charge in [0.25, 0.3) is 0 Å². The van der Waals surface area contributed by atoms with Crippen molar-refractivity contribution in [2.24, 2.45) is 0 Å². The maximum Gasteiger partial charge on any atom is 0.338 e. The predicted octanol–water partition coefficient (Wildman–Crippen LogP) is 3.27. The van der Waals surface area contributed by atoms with Crippen LogP contribution in [0.15, 0.2) is 42.5 Å². The van der Waals surface area contributed by atoms with E-state index in [9.17, 15) is 18.0 Å². The lowest BCUT2D eigenvalue weighted by Crippen LogP contribution is -2.45. The number of carbonyl (C=O) groups excluding carboxylic acids is 2. The van der Waals surface area contributed by atoms with Crippen molar-refractivity contribution in [2.75, 3.05) is 22.5 Å². The molecule has 0 aromatic heterocycles. The minimum atomic E-state index is -3.71. The highest BCUT2D eigenvalue weighted by Crippen LogP contribution is 2.24. The first-order valence-corrected chi connectivity index (χ1v) is 11.0. The first-order chi connectivity index (χ1) is 13.6. The summed E-state index contributed by atoms with van der Waals surface area (Å²) in [5, 5.41) is 2.73. The van der Waals surface area contributed by atoms with Crippen molar-refractivity contribution in [3.63, 3.8) is 0 Å². The van der Waals surface area contributed by atoms with Crippen molar-refractivity contribution in [1.82, 2.24) is 0 Å². The van der Waals surface area contributed by atoms with E-state index < -0.39 is 27.9 Å². The van der Waals surface area contributed by atoms with E-state index >= 15 is 0 Å². The number of hydrogen-bond donors (Lipinski definition) is 1. The SMILES string of the molecule is CCOC(=O)c1cccc(NC(=O)[C@H](C)N(c2ccc(C)cc2)S(C)(=O)=O)c1C. The molecule has 2 aromatic carbocycles. The molecule has 2 aromatic rings. The van der Waals surface area contributed by atoms with E-state index in [0.717, 1.165) is 16.1 Å². The summed E-state index contributed by atoms with van der Waals surface area (Å²) in [5.74, 6) is -0.994. The van der Waals surface area contributed by atoms with Crippen LogP contribution in [0.2, 0.25) is 0 Å². The van der Waals surface area contributed by atoms with E-state index in [-0.39, 0.29) is 6.61 Å². The van der Waals surface area contributed by atoms with Crippen molar-refractivity contribution in [3.8, 4) is 0 Å². The maximum atomic E-state index is 12.9. The summed E-state index contributed by atoms with van der Waals surface area (Å²) in [6.45, 7) is 7.06. The zero-order valence-corrected chi connectivity index (χ0v) is 18.0. The summed E-state index contributed by atoms with van der Waals surface area (Å²) in [5.41, 5.74) is 2.69. The number of nitrogens with zero attached hydrogens (tertiary/aromatic N) is 1. The van der Waals surface area contributed by atoms with Crippen molar-refractivity contribution in [2.45, 2.75) is 33.7 Å². The Labute approximate surface area is 171 Å². The fourth-order valence-electron chi connectivity index (χ4n) is 2.94. The molecule has 0 saturated carbocycles. The van der Waals surface area contributed by atoms with E-state index in [1.54, 1.807) is 56.3 Å². The predicted molar refractivity (Wildman–Crippen MR) is 114 cm³/mol. The van der Waals surface area contributed by atoms with Crippen LogP contribution in [0, 0.1) is 13.8 Å². The molecule has 1 atom stereocenters. The largest absolute Gasteiger partial charge is 0.462 e. The van der Waals surface area contributed by atoms with Gasteiger partial charge in [0.15, 0.2) is 0 Å². The van der Waals surface area contributed by atoms with Crippen LogP contribution in [0.1, 0.15) is 35.3 Å². The summed E-state index contributed by atoms with van der Waals surface area (Å²) in [6, 6.07) is 10.8. The van der Waals surface area contributed by atoms with E-state index in [1.165, 1.54) is 6.92 Å². The number of ether oxygens (including phenoxy) is 1. The maximum absolute atomic E-state index is 12.9. The van der Waals surface area contributed by atoms with Crippen molar-refractivity contribution in [1.29, 1.82) is 0 Å². The average molecular weight is 419 g/mol. The highest BCUT2D eigenvalue weighted by Gasteiger charge is 2.29. The molecule has 2 rings (SSSR count). The fraction of sp³-hybridized carbons (Fsp3) is 0.333. The third-order valence-electron chi connectivity index (χ3n) is 4.46. The van der Waals surface area contributed by atoms with Crippen LogP contribution in [-0.2, 0) is 19.6 Å². The van der Waals surface area contributed by atoms with Gasteiger partial charge in [0.1, 0.15) is 6.04 Å². The van der Waals surface area contributed by atoms with Crippen LogP contribution in [-0.4, -0.2) is 39.2 Å². The van der Waals surface area contributed by atoms with Crippen LogP contribution in [0.5, 0.6) is 0 Å². The molecule has 7 nitrogen and oxygen atoms in total. The van der Waals surface area contributed by atoms with Crippen LogP contribution in [0.25, 0.3) is 0 Å². The number of carbonyl (C=O) groups is 2. The van der Waals surface area contributed by atoms with Gasteiger partial charge in [0, 0.05) is 5.69 Å². The fourth-order valence-corrected chi connectivity index (χ4v) is 4.11. The number of benzene rings is 2. The Morgan fingerprint density at radius 2 is 1.72 bits per heavy atom. The number of sulfonamides is 1. The van der Waals surface area contributed by atoms with Gasteiger partial charge in [-0.1, -0.05) is 23.8 Å². The third kappa shape index (κ3) is 5.35. The highest BCUT2D eigenvalue weighted by atomic mass is 32.2. The Morgan fingerprint density at radius 1 is 1.10 bits per heavy atom. The summed E-state index contributed by atoms with van der Waals surface area (Å²) in [6.07, 6.45) is 1.06. The molecule has 8 heteroatoms. The van der Waals surface area contributed by atoms with Crippen molar-refractivity contribution in [3.05, 3.63) is 59.2 Å². The molecular weight excluding hydrogens is 392 g/mol. The molecular formula is C21H26N2O5S. The Kier molecular flexibility index (Phi) is 7.02. The van der Waals surface area contributed by atoms with Gasteiger partial charge in [-0.25, -0.2) is 13.2 Å². The first-order valence-electron chi connectivity index (χ1n) is 9.20. The molecule has 0 bridgehead atoms. The topological polar surface area (TPSA) is 92.8 Å². The summed E-state index contributed by atoms with van der Waals surface area (Å²) in [7, 11) is -3.71. The molecule has 1 amide bonds. The van der Waals surface area contributed by atoms with Crippen LogP contribution >= 0.6 is 0 Å². The number of esters is 1. The smallest absolute Gasteiger partial charge is 0.338 e. The minimum Gasteiger partial charge on any atom is -0.462 e. The second-order valence-corrected chi connectivity index (χ2v) is 8.62. The highest BCUT2D eigenvalue weighted by molar-refractivity contribution is 7.92. The number of nitrogens with one attached hydrogen (secondary N) is 1. The zero-order chi connectivity index (χ0) is 21.8. The van der Waals surface area contributed by atoms with E-state index in [1.807, 2.05) is 6.92 Å². The Hall–Kier alpha value is -2.87. The Morgan fingerprint density at radius 3 is 2.28 bits per heavy atom. The van der Waals surface area contributed by atoms with Gasteiger partial charge in [-0.15, -0.1) is 0 Å². The normalized spacial score (nSPS) is 12.2. The number of hydrogen-bond acceptors (Lipinski definition) is 5. The van der Waals surface area contributed by atoms with E-state index in [2.05, 4.69) is 5.32 Å². The molecule has 0 spiro atoms. The molecule has 0 heterocycles. The zero-order valence-electron chi connectivity index (χ0n) is 17.2. The molecule has 0 aliphatic rings. The molecule has 0 aliphatic heterocycles. The Bertz CT molecular complexity index is 1000. The standard InChI is InChI=1S/C21H26N2O5S/c1-6-28-21(25)18-8-7-9-19(15(18)3)22-20(24)16(4)23(29(5,26)27)17-12-10-14(2)11-13-17/h7-13,16H,6H2,1-5H3,(H,22,24)/t16-/m0/s1. The molecule has 0 radical (unpaired) electrons. The molecule has 156 valence electrons. The van der Waals surface area contributed by atoms with Gasteiger partial charge in [-0.3, -0.25) is 9.10 Å². The lowest BCUT2D eigenvalue weighted by Gasteiger charge is -2.28. The van der Waals surface area contributed by atoms with Gasteiger partial charge < -0.3 is 10.1 Å². The molecule has 1 N–H and O–H groups in total. The molecule has 0 aliphatic carbocycles. The van der Waals surface area contributed by atoms with Gasteiger partial charge in [0.2, 0.25) is 15.9 Å².